The van der Waals surface area contributed by atoms with Gasteiger partial charge < -0.3 is 14.8 Å². The van der Waals surface area contributed by atoms with Gasteiger partial charge in [0.05, 0.1) is 24.9 Å². The van der Waals surface area contributed by atoms with Crippen LogP contribution in [0.3, 0.4) is 0 Å². The van der Waals surface area contributed by atoms with Crippen LogP contribution in [0.1, 0.15) is 12.5 Å². The molecule has 0 saturated carbocycles. The van der Waals surface area contributed by atoms with E-state index in [1.807, 2.05) is 37.3 Å². The average molecular weight is 433 g/mol. The van der Waals surface area contributed by atoms with Crippen LogP contribution in [0.15, 0.2) is 52.4 Å². The summed E-state index contributed by atoms with van der Waals surface area (Å²) < 4.78 is 12.2. The molecule has 2 aromatic carbocycles. The van der Waals surface area contributed by atoms with Gasteiger partial charge in [0.2, 0.25) is 5.82 Å². The first kappa shape index (κ1) is 21.0. The van der Waals surface area contributed by atoms with E-state index in [9.17, 15) is 4.79 Å². The number of anilines is 2. The molecule has 7 nitrogen and oxygen atoms in total. The van der Waals surface area contributed by atoms with E-state index in [4.69, 9.17) is 21.1 Å². The molecule has 0 fully saturated rings. The van der Waals surface area contributed by atoms with Crippen LogP contribution in [0.5, 0.6) is 11.5 Å². The Labute approximate surface area is 178 Å². The smallest absolute Gasteiger partial charge is 0.297 e. The number of nitrogens with one attached hydrogen (secondary N) is 1. The zero-order chi connectivity index (χ0) is 20.8. The van der Waals surface area contributed by atoms with Crippen LogP contribution in [0, 0.1) is 0 Å². The van der Waals surface area contributed by atoms with Crippen molar-refractivity contribution < 1.29 is 9.47 Å². The fraction of sp³-hybridized carbons (Fsp3) is 0.250. The van der Waals surface area contributed by atoms with Crippen molar-refractivity contribution in [1.82, 2.24) is 14.8 Å². The molecular formula is C20H21ClN4O3S. The van der Waals surface area contributed by atoms with Crippen LogP contribution in [-0.2, 0) is 12.3 Å². The van der Waals surface area contributed by atoms with Crippen molar-refractivity contribution in [2.75, 3.05) is 19.5 Å². The maximum atomic E-state index is 12.8. The Hall–Kier alpha value is -2.71. The molecule has 0 aliphatic carbocycles. The lowest BCUT2D eigenvalue weighted by Crippen LogP contribution is -2.26. The third-order valence-electron chi connectivity index (χ3n) is 4.17. The maximum absolute atomic E-state index is 12.8. The minimum Gasteiger partial charge on any atom is -0.493 e. The SMILES string of the molecule is CCn1c(SCc2ccc(OC)c(OC)c2)nnc(Nc2ccccc2Cl)c1=O. The number of para-hydroxylation sites is 1. The van der Waals surface area contributed by atoms with Gasteiger partial charge in [0, 0.05) is 12.3 Å². The Morgan fingerprint density at radius 1 is 1.10 bits per heavy atom. The molecule has 9 heteroatoms. The molecule has 29 heavy (non-hydrogen) atoms. The largest absolute Gasteiger partial charge is 0.493 e. The summed E-state index contributed by atoms with van der Waals surface area (Å²) >= 11 is 7.58. The Morgan fingerprint density at radius 2 is 1.86 bits per heavy atom. The van der Waals surface area contributed by atoms with Gasteiger partial charge in [0.15, 0.2) is 16.7 Å². The number of hydrogen-bond donors (Lipinski definition) is 1. The van der Waals surface area contributed by atoms with Gasteiger partial charge in [-0.1, -0.05) is 41.6 Å². The van der Waals surface area contributed by atoms with Crippen molar-refractivity contribution >= 4 is 34.9 Å². The topological polar surface area (TPSA) is 78.3 Å². The van der Waals surface area contributed by atoms with E-state index >= 15 is 0 Å². The monoisotopic (exact) mass is 432 g/mol. The second-order valence-corrected chi connectivity index (χ2v) is 7.31. The first-order valence-corrected chi connectivity index (χ1v) is 10.3. The highest BCUT2D eigenvalue weighted by molar-refractivity contribution is 7.98. The lowest BCUT2D eigenvalue weighted by Gasteiger charge is -2.12. The predicted molar refractivity (Wildman–Crippen MR) is 116 cm³/mol. The Kier molecular flexibility index (Phi) is 7.00. The van der Waals surface area contributed by atoms with Gasteiger partial charge in [-0.15, -0.1) is 10.2 Å². The van der Waals surface area contributed by atoms with Crippen molar-refractivity contribution in [1.29, 1.82) is 0 Å². The molecular weight excluding hydrogens is 412 g/mol. The molecule has 0 atom stereocenters. The summed E-state index contributed by atoms with van der Waals surface area (Å²) in [7, 11) is 3.19. The molecule has 0 aliphatic heterocycles. The number of nitrogens with zero attached hydrogens (tertiary/aromatic N) is 3. The molecule has 1 aromatic heterocycles. The number of thioether (sulfide) groups is 1. The van der Waals surface area contributed by atoms with E-state index < -0.39 is 0 Å². The molecule has 1 heterocycles. The first-order chi connectivity index (χ1) is 14.1. The molecule has 0 amide bonds. The van der Waals surface area contributed by atoms with Gasteiger partial charge in [0.25, 0.3) is 5.56 Å². The minimum atomic E-state index is -0.253. The number of benzene rings is 2. The third-order valence-corrected chi connectivity index (χ3v) is 5.54. The van der Waals surface area contributed by atoms with E-state index in [0.29, 0.717) is 39.7 Å². The Bertz CT molecular complexity index is 1060. The highest BCUT2D eigenvalue weighted by atomic mass is 35.5. The van der Waals surface area contributed by atoms with Crippen molar-refractivity contribution in [3.63, 3.8) is 0 Å². The molecule has 0 unspecified atom stereocenters. The number of hydrogen-bond acceptors (Lipinski definition) is 7. The van der Waals surface area contributed by atoms with Crippen LogP contribution < -0.4 is 20.3 Å². The normalized spacial score (nSPS) is 10.6. The molecule has 0 bridgehead atoms. The summed E-state index contributed by atoms with van der Waals surface area (Å²) in [6.07, 6.45) is 0. The summed E-state index contributed by atoms with van der Waals surface area (Å²) in [4.78, 5) is 12.8. The molecule has 3 aromatic rings. The lowest BCUT2D eigenvalue weighted by atomic mass is 10.2. The van der Waals surface area contributed by atoms with Crippen molar-refractivity contribution in [3.05, 3.63) is 63.4 Å². The number of methoxy groups -OCH3 is 2. The van der Waals surface area contributed by atoms with Gasteiger partial charge in [-0.2, -0.15) is 0 Å². The van der Waals surface area contributed by atoms with E-state index in [1.54, 1.807) is 30.9 Å². The fourth-order valence-electron chi connectivity index (χ4n) is 2.68. The second-order valence-electron chi connectivity index (χ2n) is 5.96. The van der Waals surface area contributed by atoms with Gasteiger partial charge in [-0.05, 0) is 36.8 Å². The lowest BCUT2D eigenvalue weighted by molar-refractivity contribution is 0.354. The quantitative estimate of drug-likeness (QED) is 0.529. The average Bonchev–Trinajstić information content (AvgIpc) is 2.75. The van der Waals surface area contributed by atoms with Crippen molar-refractivity contribution in [3.8, 4) is 11.5 Å². The van der Waals surface area contributed by atoms with Gasteiger partial charge in [-0.25, -0.2) is 0 Å². The summed E-state index contributed by atoms with van der Waals surface area (Å²) in [5, 5.41) is 12.3. The molecule has 0 spiro atoms. The van der Waals surface area contributed by atoms with Crippen LogP contribution in [0.25, 0.3) is 0 Å². The van der Waals surface area contributed by atoms with E-state index in [1.165, 1.54) is 11.8 Å². The van der Waals surface area contributed by atoms with Gasteiger partial charge in [0.1, 0.15) is 0 Å². The van der Waals surface area contributed by atoms with Crippen molar-refractivity contribution in [2.45, 2.75) is 24.4 Å². The molecule has 3 rings (SSSR count). The number of ether oxygens (including phenoxy) is 2. The molecule has 0 aliphatic rings. The van der Waals surface area contributed by atoms with Crippen LogP contribution in [-0.4, -0.2) is 29.0 Å². The van der Waals surface area contributed by atoms with Crippen molar-refractivity contribution in [2.24, 2.45) is 0 Å². The highest BCUT2D eigenvalue weighted by Crippen LogP contribution is 2.30. The molecule has 0 saturated heterocycles. The maximum Gasteiger partial charge on any atom is 0.297 e. The summed E-state index contributed by atoms with van der Waals surface area (Å²) in [6.45, 7) is 2.36. The number of aromatic nitrogens is 3. The summed E-state index contributed by atoms with van der Waals surface area (Å²) in [5.41, 5.74) is 1.37. The van der Waals surface area contributed by atoms with Crippen LogP contribution in [0.4, 0.5) is 11.5 Å². The highest BCUT2D eigenvalue weighted by Gasteiger charge is 2.13. The Balaban J connectivity index is 1.81. The van der Waals surface area contributed by atoms with Crippen LogP contribution in [0.2, 0.25) is 5.02 Å². The van der Waals surface area contributed by atoms with E-state index in [2.05, 4.69) is 15.5 Å². The molecule has 1 N–H and O–H groups in total. The summed E-state index contributed by atoms with van der Waals surface area (Å²) in [6, 6.07) is 12.9. The minimum absolute atomic E-state index is 0.135. The number of rotatable bonds is 8. The van der Waals surface area contributed by atoms with Gasteiger partial charge >= 0.3 is 0 Å². The molecule has 0 radical (unpaired) electrons. The van der Waals surface area contributed by atoms with Gasteiger partial charge in [-0.3, -0.25) is 9.36 Å². The zero-order valence-corrected chi connectivity index (χ0v) is 17.9. The zero-order valence-electron chi connectivity index (χ0n) is 16.3. The second kappa shape index (κ2) is 9.67. The van der Waals surface area contributed by atoms with E-state index in [-0.39, 0.29) is 11.4 Å². The summed E-state index contributed by atoms with van der Waals surface area (Å²) in [5.74, 6) is 2.06. The Morgan fingerprint density at radius 3 is 2.55 bits per heavy atom. The van der Waals surface area contributed by atoms with E-state index in [0.717, 1.165) is 5.56 Å². The fourth-order valence-corrected chi connectivity index (χ4v) is 3.80. The molecule has 152 valence electrons. The standard InChI is InChI=1S/C20H21ClN4O3S/c1-4-25-19(26)18(22-15-8-6-5-7-14(15)21)23-24-20(25)29-12-13-9-10-16(27-2)17(11-13)28-3/h5-11H,4,12H2,1-3H3,(H,22,23). The third kappa shape index (κ3) is 4.83. The first-order valence-electron chi connectivity index (χ1n) is 8.90. The number of halogens is 1. The van der Waals surface area contributed by atoms with Crippen LogP contribution >= 0.6 is 23.4 Å². The predicted octanol–water partition coefficient (Wildman–Crippen LogP) is 4.36.